The van der Waals surface area contributed by atoms with Crippen LogP contribution in [0.15, 0.2) is 33.4 Å². The van der Waals surface area contributed by atoms with E-state index in [1.807, 2.05) is 0 Å². The van der Waals surface area contributed by atoms with Gasteiger partial charge in [-0.05, 0) is 41.1 Å². The Morgan fingerprint density at radius 2 is 1.96 bits per heavy atom. The lowest BCUT2D eigenvalue weighted by atomic mass is 10.2. The van der Waals surface area contributed by atoms with Gasteiger partial charge >= 0.3 is 0 Å². The van der Waals surface area contributed by atoms with Crippen LogP contribution in [-0.4, -0.2) is 29.8 Å². The Hall–Kier alpha value is -1.80. The third-order valence-electron chi connectivity index (χ3n) is 3.04. The van der Waals surface area contributed by atoms with Gasteiger partial charge in [0.05, 0.1) is 9.35 Å². The first-order chi connectivity index (χ1) is 10.9. The number of nitrogens with zero attached hydrogens (tertiary/aromatic N) is 1. The Bertz CT molecular complexity index is 716. The number of halogens is 3. The molecular weight excluding hydrogens is 390 g/mol. The second-order valence-corrected chi connectivity index (χ2v) is 6.89. The number of anilines is 1. The summed E-state index contributed by atoms with van der Waals surface area (Å²) >= 11 is 4.62. The van der Waals surface area contributed by atoms with Crippen LogP contribution in [-0.2, 0) is 4.79 Å². The molecule has 0 radical (unpaired) electrons. The van der Waals surface area contributed by atoms with Gasteiger partial charge in [0.25, 0.3) is 5.91 Å². The van der Waals surface area contributed by atoms with Crippen molar-refractivity contribution in [2.45, 2.75) is 6.92 Å². The number of carbonyl (C=O) groups is 2. The van der Waals surface area contributed by atoms with Crippen molar-refractivity contribution in [3.63, 3.8) is 0 Å². The number of hydrogen-bond donors (Lipinski definition) is 1. The summed E-state index contributed by atoms with van der Waals surface area (Å²) < 4.78 is 27.8. The van der Waals surface area contributed by atoms with Gasteiger partial charge in [0.2, 0.25) is 5.91 Å². The maximum Gasteiger partial charge on any atom is 0.255 e. The first-order valence-corrected chi connectivity index (χ1v) is 8.36. The number of thiophene rings is 1. The minimum absolute atomic E-state index is 0.291. The van der Waals surface area contributed by atoms with Crippen LogP contribution in [0.1, 0.15) is 17.3 Å². The van der Waals surface area contributed by atoms with Crippen LogP contribution in [0.25, 0.3) is 0 Å². The molecule has 0 aliphatic carbocycles. The first kappa shape index (κ1) is 17.6. The SMILES string of the molecule is CCN(CC(=O)Nc1c(F)cccc1F)C(=O)c1csc(Br)c1. The minimum Gasteiger partial charge on any atom is -0.330 e. The molecule has 1 heterocycles. The maximum atomic E-state index is 13.5. The molecule has 122 valence electrons. The number of amides is 2. The van der Waals surface area contributed by atoms with Crippen LogP contribution in [0.5, 0.6) is 0 Å². The highest BCUT2D eigenvalue weighted by Gasteiger charge is 2.20. The molecule has 1 aromatic carbocycles. The highest BCUT2D eigenvalue weighted by atomic mass is 79.9. The molecule has 0 spiro atoms. The van der Waals surface area contributed by atoms with E-state index in [-0.39, 0.29) is 12.5 Å². The smallest absolute Gasteiger partial charge is 0.255 e. The van der Waals surface area contributed by atoms with Crippen molar-refractivity contribution in [2.75, 3.05) is 18.4 Å². The van der Waals surface area contributed by atoms with Crippen LogP contribution in [0.2, 0.25) is 0 Å². The second kappa shape index (κ2) is 7.65. The van der Waals surface area contributed by atoms with Crippen molar-refractivity contribution in [3.05, 3.63) is 50.6 Å². The summed E-state index contributed by atoms with van der Waals surface area (Å²) in [4.78, 5) is 25.6. The van der Waals surface area contributed by atoms with E-state index in [1.54, 1.807) is 18.4 Å². The molecule has 0 aliphatic rings. The van der Waals surface area contributed by atoms with Gasteiger partial charge in [-0.1, -0.05) is 6.07 Å². The quantitative estimate of drug-likeness (QED) is 0.824. The third-order valence-corrected chi connectivity index (χ3v) is 4.55. The predicted octanol–water partition coefficient (Wildman–Crippen LogP) is 3.89. The summed E-state index contributed by atoms with van der Waals surface area (Å²) in [7, 11) is 0. The Morgan fingerprint density at radius 3 is 2.48 bits per heavy atom. The number of para-hydroxylation sites is 1. The zero-order chi connectivity index (χ0) is 17.0. The van der Waals surface area contributed by atoms with Gasteiger partial charge in [-0.3, -0.25) is 9.59 Å². The molecule has 1 N–H and O–H groups in total. The fourth-order valence-electron chi connectivity index (χ4n) is 1.90. The Kier molecular flexibility index (Phi) is 5.84. The maximum absolute atomic E-state index is 13.5. The Morgan fingerprint density at radius 1 is 1.30 bits per heavy atom. The van der Waals surface area contributed by atoms with Crippen LogP contribution >= 0.6 is 27.3 Å². The van der Waals surface area contributed by atoms with Crippen LogP contribution in [0.4, 0.5) is 14.5 Å². The van der Waals surface area contributed by atoms with Crippen molar-refractivity contribution in [3.8, 4) is 0 Å². The van der Waals surface area contributed by atoms with E-state index in [0.29, 0.717) is 12.1 Å². The number of nitrogens with one attached hydrogen (secondary N) is 1. The van der Waals surface area contributed by atoms with Crippen molar-refractivity contribution in [2.24, 2.45) is 0 Å². The number of rotatable bonds is 5. The van der Waals surface area contributed by atoms with Gasteiger partial charge in [0.15, 0.2) is 0 Å². The highest BCUT2D eigenvalue weighted by Crippen LogP contribution is 2.22. The van der Waals surface area contributed by atoms with E-state index < -0.39 is 23.2 Å². The molecule has 8 heteroatoms. The van der Waals surface area contributed by atoms with E-state index in [9.17, 15) is 18.4 Å². The molecular formula is C15H13BrF2N2O2S. The standard InChI is InChI=1S/C15H13BrF2N2O2S/c1-2-20(15(22)9-6-12(16)23-8-9)7-13(21)19-14-10(17)4-3-5-11(14)18/h3-6,8H,2,7H2,1H3,(H,19,21). The van der Waals surface area contributed by atoms with Gasteiger partial charge < -0.3 is 10.2 Å². The Labute approximate surface area is 144 Å². The first-order valence-electron chi connectivity index (χ1n) is 6.69. The van der Waals surface area contributed by atoms with Crippen molar-refractivity contribution < 1.29 is 18.4 Å². The van der Waals surface area contributed by atoms with E-state index >= 15 is 0 Å². The molecule has 1 aromatic heterocycles. The van der Waals surface area contributed by atoms with E-state index in [1.165, 1.54) is 22.3 Å². The fraction of sp³-hybridized carbons (Fsp3) is 0.200. The zero-order valence-corrected chi connectivity index (χ0v) is 14.5. The number of benzene rings is 1. The van der Waals surface area contributed by atoms with Gasteiger partial charge in [-0.15, -0.1) is 11.3 Å². The lowest BCUT2D eigenvalue weighted by Gasteiger charge is -2.20. The van der Waals surface area contributed by atoms with Crippen LogP contribution < -0.4 is 5.32 Å². The van der Waals surface area contributed by atoms with Gasteiger partial charge in [0.1, 0.15) is 23.9 Å². The van der Waals surface area contributed by atoms with Crippen molar-refractivity contribution in [1.29, 1.82) is 0 Å². The third kappa shape index (κ3) is 4.35. The molecule has 4 nitrogen and oxygen atoms in total. The van der Waals surface area contributed by atoms with Crippen LogP contribution in [0, 0.1) is 11.6 Å². The minimum atomic E-state index is -0.866. The lowest BCUT2D eigenvalue weighted by molar-refractivity contribution is -0.116. The van der Waals surface area contributed by atoms with Gasteiger partial charge in [-0.25, -0.2) is 8.78 Å². The number of hydrogen-bond acceptors (Lipinski definition) is 3. The average Bonchev–Trinajstić information content (AvgIpc) is 2.94. The molecule has 0 bridgehead atoms. The Balaban J connectivity index is 2.07. The van der Waals surface area contributed by atoms with Gasteiger partial charge in [-0.2, -0.15) is 0 Å². The van der Waals surface area contributed by atoms with Crippen molar-refractivity contribution >= 4 is 44.8 Å². The highest BCUT2D eigenvalue weighted by molar-refractivity contribution is 9.11. The van der Waals surface area contributed by atoms with E-state index in [0.717, 1.165) is 15.9 Å². The summed E-state index contributed by atoms with van der Waals surface area (Å²) in [6, 6.07) is 4.95. The summed E-state index contributed by atoms with van der Waals surface area (Å²) in [5, 5.41) is 3.84. The monoisotopic (exact) mass is 402 g/mol. The molecule has 0 saturated carbocycles. The summed E-state index contributed by atoms with van der Waals surface area (Å²) in [6.07, 6.45) is 0. The largest absolute Gasteiger partial charge is 0.330 e. The van der Waals surface area contributed by atoms with Gasteiger partial charge in [0, 0.05) is 11.9 Å². The average molecular weight is 403 g/mol. The zero-order valence-electron chi connectivity index (χ0n) is 12.1. The second-order valence-electron chi connectivity index (χ2n) is 4.60. The lowest BCUT2D eigenvalue weighted by Crippen LogP contribution is -2.37. The molecule has 0 fully saturated rings. The topological polar surface area (TPSA) is 49.4 Å². The molecule has 0 aliphatic heterocycles. The fourth-order valence-corrected chi connectivity index (χ4v) is 3.03. The van der Waals surface area contributed by atoms with E-state index in [2.05, 4.69) is 21.2 Å². The number of likely N-dealkylation sites (N-methyl/N-ethyl adjacent to an activating group) is 1. The normalized spacial score (nSPS) is 10.4. The van der Waals surface area contributed by atoms with Crippen LogP contribution in [0.3, 0.4) is 0 Å². The molecule has 0 atom stereocenters. The molecule has 0 saturated heterocycles. The van der Waals surface area contributed by atoms with E-state index in [4.69, 9.17) is 0 Å². The molecule has 2 amide bonds. The summed E-state index contributed by atoms with van der Waals surface area (Å²) in [6.45, 7) is 1.71. The molecule has 23 heavy (non-hydrogen) atoms. The summed E-state index contributed by atoms with van der Waals surface area (Å²) in [5.41, 5.74) is -0.0622. The molecule has 2 aromatic rings. The predicted molar refractivity (Wildman–Crippen MR) is 88.6 cm³/mol. The number of carbonyl (C=O) groups excluding carboxylic acids is 2. The molecule has 2 rings (SSSR count). The van der Waals surface area contributed by atoms with Crippen molar-refractivity contribution in [1.82, 2.24) is 4.90 Å². The summed E-state index contributed by atoms with van der Waals surface area (Å²) in [5.74, 6) is -2.72. The molecule has 0 unspecified atom stereocenters.